The van der Waals surface area contributed by atoms with E-state index in [4.69, 9.17) is 9.26 Å². The smallest absolute Gasteiger partial charge is 0.326 e. The Morgan fingerprint density at radius 3 is 2.81 bits per heavy atom. The van der Waals surface area contributed by atoms with Gasteiger partial charge < -0.3 is 19.7 Å². The molecule has 9 heteroatoms. The van der Waals surface area contributed by atoms with Crippen LogP contribution in [-0.2, 0) is 20.7 Å². The van der Waals surface area contributed by atoms with Crippen LogP contribution in [-0.4, -0.2) is 45.4 Å². The Bertz CT molecular complexity index is 721. The van der Waals surface area contributed by atoms with Crippen molar-refractivity contribution < 1.29 is 24.0 Å². The molecule has 8 nitrogen and oxygen atoms in total. The van der Waals surface area contributed by atoms with Gasteiger partial charge in [-0.05, 0) is 32.2 Å². The van der Waals surface area contributed by atoms with E-state index in [0.717, 1.165) is 5.56 Å². The van der Waals surface area contributed by atoms with Gasteiger partial charge in [0.2, 0.25) is 17.6 Å². The van der Waals surface area contributed by atoms with E-state index in [2.05, 4.69) is 15.5 Å². The topological polar surface area (TPSA) is 115 Å². The van der Waals surface area contributed by atoms with Gasteiger partial charge in [0.05, 0.1) is 5.60 Å². The van der Waals surface area contributed by atoms with E-state index in [9.17, 15) is 14.7 Å². The van der Waals surface area contributed by atoms with Crippen LogP contribution in [0, 0.1) is 0 Å². The van der Waals surface area contributed by atoms with E-state index in [0.29, 0.717) is 11.7 Å². The highest BCUT2D eigenvalue weighted by Gasteiger charge is 2.21. The van der Waals surface area contributed by atoms with Crippen LogP contribution in [0.1, 0.15) is 39.5 Å². The molecule has 0 aromatic carbocycles. The molecule has 2 N–H and O–H groups in total. The van der Waals surface area contributed by atoms with Gasteiger partial charge in [0, 0.05) is 36.8 Å². The van der Waals surface area contributed by atoms with Gasteiger partial charge in [0.15, 0.2) is 0 Å². The average Bonchev–Trinajstić information content (AvgIpc) is 3.21. The van der Waals surface area contributed by atoms with E-state index in [1.54, 1.807) is 0 Å². The molecular weight excluding hydrogens is 358 g/mol. The van der Waals surface area contributed by atoms with Crippen LogP contribution in [0.4, 0.5) is 0 Å². The molecule has 0 bridgehead atoms. The van der Waals surface area contributed by atoms with Crippen molar-refractivity contribution in [2.24, 2.45) is 0 Å². The number of thiophene rings is 1. The van der Waals surface area contributed by atoms with E-state index >= 15 is 0 Å². The van der Waals surface area contributed by atoms with Crippen molar-refractivity contribution in [3.8, 4) is 11.4 Å². The first kappa shape index (κ1) is 20.1. The minimum atomic E-state index is -1.09. The highest BCUT2D eigenvalue weighted by atomic mass is 32.1. The highest BCUT2D eigenvalue weighted by Crippen LogP contribution is 2.19. The lowest BCUT2D eigenvalue weighted by atomic mass is 10.1. The molecule has 0 radical (unpaired) electrons. The largest absolute Gasteiger partial charge is 0.480 e. The molecule has 26 heavy (non-hydrogen) atoms. The van der Waals surface area contributed by atoms with Gasteiger partial charge in [-0.3, -0.25) is 4.79 Å². The van der Waals surface area contributed by atoms with Crippen LogP contribution in [0.25, 0.3) is 11.4 Å². The number of carbonyl (C=O) groups is 2. The quantitative estimate of drug-likeness (QED) is 0.686. The maximum Gasteiger partial charge on any atom is 0.326 e. The van der Waals surface area contributed by atoms with Crippen LogP contribution < -0.4 is 5.32 Å². The highest BCUT2D eigenvalue weighted by molar-refractivity contribution is 7.08. The summed E-state index contributed by atoms with van der Waals surface area (Å²) in [4.78, 5) is 27.5. The number of aliphatic carboxylic acids is 1. The first-order valence-electron chi connectivity index (χ1n) is 8.26. The molecule has 2 heterocycles. The zero-order valence-corrected chi connectivity index (χ0v) is 15.8. The predicted molar refractivity (Wildman–Crippen MR) is 95.8 cm³/mol. The van der Waals surface area contributed by atoms with Crippen LogP contribution in [0.15, 0.2) is 21.3 Å². The Hall–Kier alpha value is -2.26. The molecule has 0 aliphatic rings. The van der Waals surface area contributed by atoms with Gasteiger partial charge in [-0.25, -0.2) is 4.79 Å². The fourth-order valence-electron chi connectivity index (χ4n) is 2.09. The van der Waals surface area contributed by atoms with Gasteiger partial charge in [-0.15, -0.1) is 0 Å². The van der Waals surface area contributed by atoms with E-state index < -0.39 is 12.0 Å². The summed E-state index contributed by atoms with van der Waals surface area (Å²) in [6, 6.07) is 0.886. The zero-order chi connectivity index (χ0) is 19.2. The summed E-state index contributed by atoms with van der Waals surface area (Å²) >= 11 is 1.53. The molecule has 2 aromatic heterocycles. The van der Waals surface area contributed by atoms with Crippen LogP contribution in [0.5, 0.6) is 0 Å². The lowest BCUT2D eigenvalue weighted by Gasteiger charge is -2.21. The summed E-state index contributed by atoms with van der Waals surface area (Å²) < 4.78 is 10.6. The Morgan fingerprint density at radius 2 is 2.19 bits per heavy atom. The van der Waals surface area contributed by atoms with Crippen molar-refractivity contribution in [3.05, 3.63) is 22.7 Å². The third kappa shape index (κ3) is 6.57. The Morgan fingerprint density at radius 1 is 1.42 bits per heavy atom. The monoisotopic (exact) mass is 381 g/mol. The molecule has 0 aliphatic carbocycles. The Kier molecular flexibility index (Phi) is 6.87. The van der Waals surface area contributed by atoms with Crippen LogP contribution >= 0.6 is 11.3 Å². The summed E-state index contributed by atoms with van der Waals surface area (Å²) in [5.41, 5.74) is 0.504. The number of carboxylic acids is 1. The summed E-state index contributed by atoms with van der Waals surface area (Å²) in [5, 5.41) is 19.4. The number of hydrogen-bond donors (Lipinski definition) is 2. The maximum atomic E-state index is 12.0. The third-order valence-electron chi connectivity index (χ3n) is 3.39. The number of carboxylic acid groups (broad SMARTS) is 1. The molecule has 1 unspecified atom stereocenters. The molecule has 2 aromatic rings. The molecule has 2 rings (SSSR count). The number of nitrogens with one attached hydrogen (secondary N) is 1. The van der Waals surface area contributed by atoms with E-state index in [-0.39, 0.29) is 37.4 Å². The number of ether oxygens (including phenoxy) is 1. The number of amides is 1. The van der Waals surface area contributed by atoms with Crippen molar-refractivity contribution >= 4 is 23.2 Å². The normalized spacial score (nSPS) is 12.7. The van der Waals surface area contributed by atoms with Crippen molar-refractivity contribution in [2.45, 2.75) is 51.7 Å². The maximum absolute atomic E-state index is 12.0. The van der Waals surface area contributed by atoms with Crippen LogP contribution in [0.3, 0.4) is 0 Å². The second kappa shape index (κ2) is 8.91. The number of nitrogens with zero attached hydrogens (tertiary/aromatic N) is 2. The first-order valence-corrected chi connectivity index (χ1v) is 9.20. The molecule has 0 aliphatic heterocycles. The lowest BCUT2D eigenvalue weighted by Crippen LogP contribution is -2.42. The lowest BCUT2D eigenvalue weighted by molar-refractivity contribution is -0.142. The fraction of sp³-hybridized carbons (Fsp3) is 0.529. The standard InChI is InChI=1S/C17H23N3O5S/c1-17(2,3)24-8-6-12(16(22)23)18-13(21)4-5-14-19-15(20-25-14)11-7-9-26-10-11/h7,9-10,12H,4-6,8H2,1-3H3,(H,18,21)(H,22,23). The van der Waals surface area contributed by atoms with Gasteiger partial charge in [0.1, 0.15) is 6.04 Å². The average molecular weight is 381 g/mol. The minimum Gasteiger partial charge on any atom is -0.480 e. The van der Waals surface area contributed by atoms with Crippen molar-refractivity contribution in [3.63, 3.8) is 0 Å². The number of carbonyl (C=O) groups excluding carboxylic acids is 1. The Balaban J connectivity index is 1.80. The van der Waals surface area contributed by atoms with E-state index in [1.165, 1.54) is 11.3 Å². The number of aromatic nitrogens is 2. The van der Waals surface area contributed by atoms with Crippen molar-refractivity contribution in [1.82, 2.24) is 15.5 Å². The minimum absolute atomic E-state index is 0.0647. The molecule has 1 amide bonds. The molecule has 0 saturated carbocycles. The molecule has 0 fully saturated rings. The van der Waals surface area contributed by atoms with Gasteiger partial charge in [-0.2, -0.15) is 16.3 Å². The second-order valence-corrected chi connectivity index (χ2v) is 7.51. The van der Waals surface area contributed by atoms with Crippen molar-refractivity contribution in [2.75, 3.05) is 6.61 Å². The molecule has 142 valence electrons. The van der Waals surface area contributed by atoms with Crippen LogP contribution in [0.2, 0.25) is 0 Å². The third-order valence-corrected chi connectivity index (χ3v) is 4.07. The number of aryl methyl sites for hydroxylation is 1. The molecule has 1 atom stereocenters. The zero-order valence-electron chi connectivity index (χ0n) is 15.0. The Labute approximate surface area is 155 Å². The van der Waals surface area contributed by atoms with Gasteiger partial charge in [0.25, 0.3) is 0 Å². The molecular formula is C17H23N3O5S. The van der Waals surface area contributed by atoms with Gasteiger partial charge >= 0.3 is 5.97 Å². The number of hydrogen-bond acceptors (Lipinski definition) is 7. The first-order chi connectivity index (χ1) is 12.2. The predicted octanol–water partition coefficient (Wildman–Crippen LogP) is 2.51. The van der Waals surface area contributed by atoms with E-state index in [1.807, 2.05) is 37.6 Å². The fourth-order valence-corrected chi connectivity index (χ4v) is 2.73. The molecule has 0 saturated heterocycles. The second-order valence-electron chi connectivity index (χ2n) is 6.73. The number of rotatable bonds is 9. The summed E-state index contributed by atoms with van der Waals surface area (Å²) in [6.45, 7) is 5.90. The van der Waals surface area contributed by atoms with Gasteiger partial charge in [-0.1, -0.05) is 5.16 Å². The summed E-state index contributed by atoms with van der Waals surface area (Å²) in [6.07, 6.45) is 0.504. The molecule has 0 spiro atoms. The summed E-state index contributed by atoms with van der Waals surface area (Å²) in [7, 11) is 0. The van der Waals surface area contributed by atoms with Crippen molar-refractivity contribution in [1.29, 1.82) is 0 Å². The SMILES string of the molecule is CC(C)(C)OCCC(NC(=O)CCc1nc(-c2ccsc2)no1)C(=O)O. The summed E-state index contributed by atoms with van der Waals surface area (Å²) in [5.74, 6) is -0.662.